The van der Waals surface area contributed by atoms with Crippen LogP contribution in [-0.2, 0) is 6.42 Å². The molecular weight excluding hydrogens is 244 g/mol. The number of aromatic nitrogens is 1. The summed E-state index contributed by atoms with van der Waals surface area (Å²) in [5.41, 5.74) is 3.63. The molecule has 0 saturated heterocycles. The van der Waals surface area contributed by atoms with E-state index in [-0.39, 0.29) is 0 Å². The van der Waals surface area contributed by atoms with Crippen LogP contribution >= 0.6 is 11.6 Å². The Kier molecular flexibility index (Phi) is 4.21. The summed E-state index contributed by atoms with van der Waals surface area (Å²) in [6.45, 7) is 3.02. The summed E-state index contributed by atoms with van der Waals surface area (Å²) in [5, 5.41) is 0.822. The molecule has 0 aliphatic carbocycles. The van der Waals surface area contributed by atoms with Gasteiger partial charge in [-0.15, -0.1) is 0 Å². The lowest BCUT2D eigenvalue weighted by Crippen LogP contribution is -2.21. The van der Waals surface area contributed by atoms with Gasteiger partial charge in [-0.3, -0.25) is 4.98 Å². The van der Waals surface area contributed by atoms with Crippen LogP contribution in [0.25, 0.3) is 0 Å². The van der Waals surface area contributed by atoms with Gasteiger partial charge in [0, 0.05) is 36.7 Å². The highest BCUT2D eigenvalue weighted by Gasteiger charge is 2.06. The van der Waals surface area contributed by atoms with Crippen LogP contribution < -0.4 is 4.90 Å². The normalized spacial score (nSPS) is 10.4. The molecule has 94 valence electrons. The van der Waals surface area contributed by atoms with Gasteiger partial charge in [-0.05, 0) is 48.7 Å². The standard InChI is InChI=1S/C15H17ClN2/c1-12-14(16)4-3-5-15(12)18(2)11-8-13-6-9-17-10-7-13/h3-7,9-10H,8,11H2,1-2H3. The molecule has 0 radical (unpaired) electrons. The summed E-state index contributed by atoms with van der Waals surface area (Å²) in [4.78, 5) is 6.26. The van der Waals surface area contributed by atoms with Crippen molar-refractivity contribution in [3.05, 3.63) is 58.9 Å². The lowest BCUT2D eigenvalue weighted by atomic mass is 10.1. The molecule has 0 amide bonds. The molecule has 2 rings (SSSR count). The molecule has 0 atom stereocenters. The van der Waals surface area contributed by atoms with Gasteiger partial charge in [0.1, 0.15) is 0 Å². The van der Waals surface area contributed by atoms with Crippen molar-refractivity contribution in [3.63, 3.8) is 0 Å². The molecule has 0 N–H and O–H groups in total. The minimum absolute atomic E-state index is 0.822. The molecule has 0 aliphatic heterocycles. The Morgan fingerprint density at radius 3 is 2.61 bits per heavy atom. The molecular formula is C15H17ClN2. The first kappa shape index (κ1) is 12.9. The lowest BCUT2D eigenvalue weighted by molar-refractivity contribution is 0.871. The van der Waals surface area contributed by atoms with Crippen LogP contribution in [0.5, 0.6) is 0 Å². The van der Waals surface area contributed by atoms with E-state index in [0.29, 0.717) is 0 Å². The smallest absolute Gasteiger partial charge is 0.0455 e. The second kappa shape index (κ2) is 5.87. The Balaban J connectivity index is 2.04. The van der Waals surface area contributed by atoms with Crippen molar-refractivity contribution in [1.29, 1.82) is 0 Å². The highest BCUT2D eigenvalue weighted by atomic mass is 35.5. The van der Waals surface area contributed by atoms with Crippen LogP contribution in [-0.4, -0.2) is 18.6 Å². The average Bonchev–Trinajstić information content (AvgIpc) is 2.40. The summed E-state index contributed by atoms with van der Waals surface area (Å²) in [5.74, 6) is 0. The van der Waals surface area contributed by atoms with E-state index in [0.717, 1.165) is 23.6 Å². The highest BCUT2D eigenvalue weighted by Crippen LogP contribution is 2.25. The molecule has 0 aliphatic rings. The molecule has 0 bridgehead atoms. The Morgan fingerprint density at radius 1 is 1.17 bits per heavy atom. The quantitative estimate of drug-likeness (QED) is 0.833. The van der Waals surface area contributed by atoms with Gasteiger partial charge in [0.25, 0.3) is 0 Å². The SMILES string of the molecule is Cc1c(Cl)cccc1N(C)CCc1ccncc1. The van der Waals surface area contributed by atoms with Crippen LogP contribution in [0.15, 0.2) is 42.7 Å². The zero-order valence-corrected chi connectivity index (χ0v) is 11.5. The predicted molar refractivity (Wildman–Crippen MR) is 77.4 cm³/mol. The molecule has 2 nitrogen and oxygen atoms in total. The van der Waals surface area contributed by atoms with E-state index in [1.807, 2.05) is 24.5 Å². The second-order valence-electron chi connectivity index (χ2n) is 4.41. The maximum Gasteiger partial charge on any atom is 0.0455 e. The maximum absolute atomic E-state index is 6.14. The average molecular weight is 261 g/mol. The van der Waals surface area contributed by atoms with Crippen LogP contribution in [0.3, 0.4) is 0 Å². The van der Waals surface area contributed by atoms with Crippen LogP contribution in [0.2, 0.25) is 5.02 Å². The molecule has 1 heterocycles. The lowest BCUT2D eigenvalue weighted by Gasteiger charge is -2.22. The van der Waals surface area contributed by atoms with Gasteiger partial charge in [-0.1, -0.05) is 17.7 Å². The zero-order valence-electron chi connectivity index (χ0n) is 10.7. The number of pyridine rings is 1. The Hall–Kier alpha value is -1.54. The molecule has 2 aromatic rings. The molecule has 0 saturated carbocycles. The number of anilines is 1. The summed E-state index contributed by atoms with van der Waals surface area (Å²) in [6.07, 6.45) is 4.67. The fourth-order valence-electron chi connectivity index (χ4n) is 1.98. The third kappa shape index (κ3) is 3.02. The van der Waals surface area contributed by atoms with E-state index in [4.69, 9.17) is 11.6 Å². The van der Waals surface area contributed by atoms with E-state index in [1.165, 1.54) is 11.3 Å². The van der Waals surface area contributed by atoms with Crippen molar-refractivity contribution in [2.75, 3.05) is 18.5 Å². The first-order chi connectivity index (χ1) is 8.68. The van der Waals surface area contributed by atoms with Crippen molar-refractivity contribution in [1.82, 2.24) is 4.98 Å². The topological polar surface area (TPSA) is 16.1 Å². The van der Waals surface area contributed by atoms with Crippen molar-refractivity contribution in [2.24, 2.45) is 0 Å². The largest absolute Gasteiger partial charge is 0.374 e. The fraction of sp³-hybridized carbons (Fsp3) is 0.267. The minimum Gasteiger partial charge on any atom is -0.374 e. The molecule has 0 fully saturated rings. The monoisotopic (exact) mass is 260 g/mol. The number of likely N-dealkylation sites (N-methyl/N-ethyl adjacent to an activating group) is 1. The minimum atomic E-state index is 0.822. The number of benzene rings is 1. The Morgan fingerprint density at radius 2 is 1.89 bits per heavy atom. The molecule has 18 heavy (non-hydrogen) atoms. The summed E-state index contributed by atoms with van der Waals surface area (Å²) >= 11 is 6.14. The zero-order chi connectivity index (χ0) is 13.0. The van der Waals surface area contributed by atoms with Crippen molar-refractivity contribution in [3.8, 4) is 0 Å². The van der Waals surface area contributed by atoms with Crippen molar-refractivity contribution in [2.45, 2.75) is 13.3 Å². The van der Waals surface area contributed by atoms with Crippen LogP contribution in [0.1, 0.15) is 11.1 Å². The second-order valence-corrected chi connectivity index (χ2v) is 4.82. The van der Waals surface area contributed by atoms with Gasteiger partial charge in [0.05, 0.1) is 0 Å². The molecule has 1 aromatic heterocycles. The molecule has 3 heteroatoms. The van der Waals surface area contributed by atoms with Gasteiger partial charge in [-0.25, -0.2) is 0 Å². The number of rotatable bonds is 4. The van der Waals surface area contributed by atoms with Gasteiger partial charge in [0.15, 0.2) is 0 Å². The first-order valence-electron chi connectivity index (χ1n) is 6.03. The van der Waals surface area contributed by atoms with E-state index < -0.39 is 0 Å². The van der Waals surface area contributed by atoms with Gasteiger partial charge in [0.2, 0.25) is 0 Å². The van der Waals surface area contributed by atoms with Crippen LogP contribution in [0.4, 0.5) is 5.69 Å². The van der Waals surface area contributed by atoms with Gasteiger partial charge in [-0.2, -0.15) is 0 Å². The summed E-state index contributed by atoms with van der Waals surface area (Å²) in [7, 11) is 2.10. The van der Waals surface area contributed by atoms with E-state index in [1.54, 1.807) is 0 Å². The third-order valence-corrected chi connectivity index (χ3v) is 3.55. The number of halogens is 1. The first-order valence-corrected chi connectivity index (χ1v) is 6.41. The summed E-state index contributed by atoms with van der Waals surface area (Å²) in [6, 6.07) is 10.1. The third-order valence-electron chi connectivity index (χ3n) is 3.14. The maximum atomic E-state index is 6.14. The van der Waals surface area contributed by atoms with E-state index >= 15 is 0 Å². The number of nitrogens with zero attached hydrogens (tertiary/aromatic N) is 2. The summed E-state index contributed by atoms with van der Waals surface area (Å²) < 4.78 is 0. The molecule has 0 spiro atoms. The van der Waals surface area contributed by atoms with E-state index in [2.05, 4.69) is 42.1 Å². The number of hydrogen-bond donors (Lipinski definition) is 0. The Labute approximate surface area is 113 Å². The van der Waals surface area contributed by atoms with Crippen LogP contribution in [0, 0.1) is 6.92 Å². The van der Waals surface area contributed by atoms with E-state index in [9.17, 15) is 0 Å². The van der Waals surface area contributed by atoms with Gasteiger partial charge < -0.3 is 4.90 Å². The van der Waals surface area contributed by atoms with Gasteiger partial charge >= 0.3 is 0 Å². The Bertz CT molecular complexity index is 511. The molecule has 1 aromatic carbocycles. The highest BCUT2D eigenvalue weighted by molar-refractivity contribution is 6.31. The van der Waals surface area contributed by atoms with Crippen molar-refractivity contribution >= 4 is 17.3 Å². The predicted octanol–water partition coefficient (Wildman–Crippen LogP) is 3.72. The van der Waals surface area contributed by atoms with Crippen molar-refractivity contribution < 1.29 is 0 Å². The molecule has 0 unspecified atom stereocenters. The fourth-order valence-corrected chi connectivity index (χ4v) is 2.15. The number of hydrogen-bond acceptors (Lipinski definition) is 2.